The molecule has 1 aromatic rings. The van der Waals surface area contributed by atoms with E-state index >= 15 is 0 Å². The molecule has 1 aromatic carbocycles. The number of hydrogen-bond acceptors (Lipinski definition) is 3. The van der Waals surface area contributed by atoms with Crippen molar-refractivity contribution >= 4 is 15.8 Å². The molecule has 0 bridgehead atoms. The summed E-state index contributed by atoms with van der Waals surface area (Å²) < 4.78 is 35.4. The number of carboxylic acids is 1. The Kier molecular flexibility index (Phi) is 5.47. The van der Waals surface area contributed by atoms with Crippen LogP contribution in [0.3, 0.4) is 0 Å². The molecule has 0 aromatic heterocycles. The number of aliphatic carboxylic acids is 1. The molecule has 0 saturated carbocycles. The first-order valence-electron chi connectivity index (χ1n) is 6.04. The van der Waals surface area contributed by atoms with E-state index in [1.807, 2.05) is 0 Å². The van der Waals surface area contributed by atoms with Crippen LogP contribution in [0.5, 0.6) is 0 Å². The SMILES string of the molecule is CCS(=O)(=O)CCCC(C(=O)O)c1ccc(F)cc1. The Hall–Kier alpha value is -1.43. The second-order valence-corrected chi connectivity index (χ2v) is 6.79. The molecule has 1 N–H and O–H groups in total. The predicted molar refractivity (Wildman–Crippen MR) is 70.3 cm³/mol. The summed E-state index contributed by atoms with van der Waals surface area (Å²) in [5.74, 6) is -2.22. The summed E-state index contributed by atoms with van der Waals surface area (Å²) in [6.07, 6.45) is 0.505. The average Bonchev–Trinajstić information content (AvgIpc) is 2.36. The normalized spacial score (nSPS) is 13.2. The summed E-state index contributed by atoms with van der Waals surface area (Å²) >= 11 is 0. The van der Waals surface area contributed by atoms with Crippen molar-refractivity contribution in [3.05, 3.63) is 35.6 Å². The van der Waals surface area contributed by atoms with E-state index in [4.69, 9.17) is 5.11 Å². The lowest BCUT2D eigenvalue weighted by atomic mass is 9.95. The van der Waals surface area contributed by atoms with Crippen molar-refractivity contribution in [1.29, 1.82) is 0 Å². The number of carboxylic acid groups (broad SMARTS) is 1. The zero-order valence-electron chi connectivity index (χ0n) is 10.7. The fourth-order valence-electron chi connectivity index (χ4n) is 1.78. The van der Waals surface area contributed by atoms with Crippen molar-refractivity contribution in [3.63, 3.8) is 0 Å². The molecule has 19 heavy (non-hydrogen) atoms. The van der Waals surface area contributed by atoms with E-state index in [0.717, 1.165) is 0 Å². The highest BCUT2D eigenvalue weighted by molar-refractivity contribution is 7.91. The summed E-state index contributed by atoms with van der Waals surface area (Å²) in [6.45, 7) is 1.56. The van der Waals surface area contributed by atoms with Crippen LogP contribution in [0.25, 0.3) is 0 Å². The van der Waals surface area contributed by atoms with E-state index in [1.54, 1.807) is 6.92 Å². The van der Waals surface area contributed by atoms with Gasteiger partial charge in [0.15, 0.2) is 0 Å². The van der Waals surface area contributed by atoms with E-state index in [0.29, 0.717) is 5.56 Å². The van der Waals surface area contributed by atoms with Gasteiger partial charge in [0.1, 0.15) is 15.7 Å². The summed E-state index contributed by atoms with van der Waals surface area (Å²) in [5, 5.41) is 9.14. The molecule has 6 heteroatoms. The number of rotatable bonds is 7. The van der Waals surface area contributed by atoms with Gasteiger partial charge in [-0.25, -0.2) is 12.8 Å². The number of halogens is 1. The van der Waals surface area contributed by atoms with Crippen LogP contribution in [-0.2, 0) is 14.6 Å². The largest absolute Gasteiger partial charge is 0.481 e. The first-order valence-corrected chi connectivity index (χ1v) is 7.86. The van der Waals surface area contributed by atoms with Crippen LogP contribution in [0.2, 0.25) is 0 Å². The summed E-state index contributed by atoms with van der Waals surface area (Å²) in [5.41, 5.74) is 0.489. The van der Waals surface area contributed by atoms with Crippen molar-refractivity contribution in [1.82, 2.24) is 0 Å². The van der Waals surface area contributed by atoms with Crippen LogP contribution < -0.4 is 0 Å². The van der Waals surface area contributed by atoms with Crippen LogP contribution in [-0.4, -0.2) is 31.0 Å². The Morgan fingerprint density at radius 1 is 1.32 bits per heavy atom. The van der Waals surface area contributed by atoms with Gasteiger partial charge in [0.2, 0.25) is 0 Å². The van der Waals surface area contributed by atoms with Gasteiger partial charge in [-0.3, -0.25) is 4.79 Å². The van der Waals surface area contributed by atoms with Crippen LogP contribution in [0.15, 0.2) is 24.3 Å². The molecule has 1 atom stereocenters. The molecule has 0 radical (unpaired) electrons. The van der Waals surface area contributed by atoms with Gasteiger partial charge in [-0.1, -0.05) is 19.1 Å². The first-order chi connectivity index (χ1) is 8.85. The summed E-state index contributed by atoms with van der Waals surface area (Å²) in [7, 11) is -3.08. The van der Waals surface area contributed by atoms with Gasteiger partial charge >= 0.3 is 5.97 Å². The zero-order chi connectivity index (χ0) is 14.5. The Morgan fingerprint density at radius 3 is 2.37 bits per heavy atom. The molecule has 4 nitrogen and oxygen atoms in total. The lowest BCUT2D eigenvalue weighted by molar-refractivity contribution is -0.139. The van der Waals surface area contributed by atoms with Crippen LogP contribution in [0.4, 0.5) is 4.39 Å². The van der Waals surface area contributed by atoms with E-state index in [2.05, 4.69) is 0 Å². The smallest absolute Gasteiger partial charge is 0.310 e. The molecule has 106 valence electrons. The van der Waals surface area contributed by atoms with E-state index in [9.17, 15) is 17.6 Å². The topological polar surface area (TPSA) is 71.4 Å². The van der Waals surface area contributed by atoms with Gasteiger partial charge in [-0.15, -0.1) is 0 Å². The highest BCUT2D eigenvalue weighted by Gasteiger charge is 2.20. The number of benzene rings is 1. The van der Waals surface area contributed by atoms with Gasteiger partial charge in [0.05, 0.1) is 11.7 Å². The molecular formula is C13H17FO4S. The molecule has 0 aliphatic heterocycles. The minimum absolute atomic E-state index is 0.0194. The van der Waals surface area contributed by atoms with Crippen molar-refractivity contribution in [2.24, 2.45) is 0 Å². The lowest BCUT2D eigenvalue weighted by Gasteiger charge is -2.12. The molecule has 0 amide bonds. The third-order valence-corrected chi connectivity index (χ3v) is 4.75. The van der Waals surface area contributed by atoms with Crippen LogP contribution >= 0.6 is 0 Å². The minimum atomic E-state index is -3.08. The van der Waals surface area contributed by atoms with Crippen LogP contribution in [0, 0.1) is 5.82 Å². The van der Waals surface area contributed by atoms with Crippen LogP contribution in [0.1, 0.15) is 31.2 Å². The maximum atomic E-state index is 12.8. The number of carbonyl (C=O) groups is 1. The second-order valence-electron chi connectivity index (χ2n) is 4.32. The predicted octanol–water partition coefficient (Wildman–Crippen LogP) is 2.21. The number of hydrogen-bond donors (Lipinski definition) is 1. The average molecular weight is 288 g/mol. The Balaban J connectivity index is 2.69. The molecular weight excluding hydrogens is 271 g/mol. The zero-order valence-corrected chi connectivity index (χ0v) is 11.5. The first kappa shape index (κ1) is 15.6. The number of sulfone groups is 1. The molecule has 1 rings (SSSR count). The van der Waals surface area contributed by atoms with E-state index < -0.39 is 27.5 Å². The maximum Gasteiger partial charge on any atom is 0.310 e. The Bertz CT molecular complexity index is 522. The third kappa shape index (κ3) is 4.98. The molecule has 0 fully saturated rings. The highest BCUT2D eigenvalue weighted by Crippen LogP contribution is 2.22. The van der Waals surface area contributed by atoms with Crippen molar-refractivity contribution in [3.8, 4) is 0 Å². The molecule has 0 saturated heterocycles. The van der Waals surface area contributed by atoms with Gasteiger partial charge in [-0.2, -0.15) is 0 Å². The summed E-state index contributed by atoms with van der Waals surface area (Å²) in [6, 6.07) is 5.24. The molecule has 0 aliphatic carbocycles. The highest BCUT2D eigenvalue weighted by atomic mass is 32.2. The monoisotopic (exact) mass is 288 g/mol. The van der Waals surface area contributed by atoms with E-state index in [-0.39, 0.29) is 24.3 Å². The fraction of sp³-hybridized carbons (Fsp3) is 0.462. The molecule has 1 unspecified atom stereocenters. The standard InChI is InChI=1S/C13H17FO4S/c1-2-19(17,18)9-3-4-12(13(15)16)10-5-7-11(14)8-6-10/h5-8,12H,2-4,9H2,1H3,(H,15,16). The van der Waals surface area contributed by atoms with Gasteiger partial charge < -0.3 is 5.11 Å². The van der Waals surface area contributed by atoms with Gasteiger partial charge in [0.25, 0.3) is 0 Å². The van der Waals surface area contributed by atoms with Gasteiger partial charge in [-0.05, 0) is 30.5 Å². The van der Waals surface area contributed by atoms with E-state index in [1.165, 1.54) is 24.3 Å². The minimum Gasteiger partial charge on any atom is -0.481 e. The fourth-order valence-corrected chi connectivity index (χ4v) is 2.67. The third-order valence-electron chi connectivity index (χ3n) is 2.96. The second kappa shape index (κ2) is 6.65. The molecule has 0 heterocycles. The quantitative estimate of drug-likeness (QED) is 0.835. The Morgan fingerprint density at radius 2 is 1.89 bits per heavy atom. The van der Waals surface area contributed by atoms with Crippen molar-refractivity contribution in [2.45, 2.75) is 25.7 Å². The van der Waals surface area contributed by atoms with Crippen molar-refractivity contribution < 1.29 is 22.7 Å². The van der Waals surface area contributed by atoms with Gasteiger partial charge in [0, 0.05) is 5.75 Å². The van der Waals surface area contributed by atoms with Crippen molar-refractivity contribution in [2.75, 3.05) is 11.5 Å². The summed E-state index contributed by atoms with van der Waals surface area (Å²) in [4.78, 5) is 11.2. The maximum absolute atomic E-state index is 12.8. The lowest BCUT2D eigenvalue weighted by Crippen LogP contribution is -2.15. The molecule has 0 aliphatic rings. The molecule has 0 spiro atoms. The Labute approximate surface area is 112 Å².